The van der Waals surface area contributed by atoms with E-state index in [1.165, 1.54) is 22.3 Å². The predicted molar refractivity (Wildman–Crippen MR) is 505 cm³/mol. The van der Waals surface area contributed by atoms with Crippen LogP contribution in [0.2, 0.25) is 15.1 Å². The van der Waals surface area contributed by atoms with Crippen molar-refractivity contribution in [2.24, 2.45) is 0 Å². The highest BCUT2D eigenvalue weighted by atomic mass is 79.9. The highest BCUT2D eigenvalue weighted by Gasteiger charge is 2.22. The largest absolute Gasteiger partial charge is 0.298 e. The second kappa shape index (κ2) is 50.9. The molecule has 12 aromatic carbocycles. The summed E-state index contributed by atoms with van der Waals surface area (Å²) >= 11 is 21.4. The quantitative estimate of drug-likeness (QED) is 0.0242. The fourth-order valence-corrected chi connectivity index (χ4v) is 13.1. The van der Waals surface area contributed by atoms with Gasteiger partial charge in [-0.1, -0.05) is 362 Å². The minimum atomic E-state index is -0.0499. The van der Waals surface area contributed by atoms with Gasteiger partial charge in [-0.05, 0) is 162 Å². The number of carbonyl (C=O) groups is 4. The number of carbonyl (C=O) groups excluding carboxylic acids is 4. The molecule has 0 aromatic heterocycles. The van der Waals surface area contributed by atoms with Crippen molar-refractivity contribution in [3.63, 3.8) is 0 Å². The van der Waals surface area contributed by atoms with E-state index in [1.807, 2.05) is 344 Å². The molecule has 0 saturated heterocycles. The van der Waals surface area contributed by atoms with Crippen molar-refractivity contribution in [2.45, 2.75) is 26.2 Å². The van der Waals surface area contributed by atoms with Crippen LogP contribution in [0.3, 0.4) is 0 Å². The number of halogens is 7. The summed E-state index contributed by atoms with van der Waals surface area (Å²) in [6.45, 7) is 17.4. The van der Waals surface area contributed by atoms with Gasteiger partial charge in [0.15, 0.2) is 23.1 Å². The fourth-order valence-electron chi connectivity index (χ4n) is 12.4. The van der Waals surface area contributed by atoms with E-state index in [0.29, 0.717) is 80.2 Å². The molecule has 0 spiro atoms. The number of Topliss-reactive ketones (excluding diaryl/α,β-unsaturated/α-hetero) is 4. The lowest BCUT2D eigenvalue weighted by molar-refractivity contribution is -0.111. The molecule has 0 saturated carbocycles. The molecular formula is C102H97BrCl6N4O4. The molecule has 0 aliphatic rings. The summed E-state index contributed by atoms with van der Waals surface area (Å²) in [6, 6.07) is 110. The van der Waals surface area contributed by atoms with Gasteiger partial charge < -0.3 is 0 Å². The molecule has 0 fully saturated rings. The van der Waals surface area contributed by atoms with Crippen molar-refractivity contribution in [3.8, 4) is 0 Å². The Morgan fingerprint density at radius 3 is 0.735 bits per heavy atom. The maximum absolute atomic E-state index is 13.3. The molecule has 0 unspecified atom stereocenters. The first-order chi connectivity index (χ1) is 55.2. The molecule has 8 nitrogen and oxygen atoms in total. The van der Waals surface area contributed by atoms with E-state index in [2.05, 4.69) is 104 Å². The monoisotopic (exact) mass is 1730 g/mol. The Hall–Kier alpha value is -10.4. The summed E-state index contributed by atoms with van der Waals surface area (Å²) in [4.78, 5) is 61.4. The second-order valence-corrected chi connectivity index (χ2v) is 30.0. The molecule has 598 valence electrons. The van der Waals surface area contributed by atoms with Crippen LogP contribution in [0.25, 0.3) is 41.0 Å². The lowest BCUT2D eigenvalue weighted by atomic mass is 9.95. The predicted octanol–water partition coefficient (Wildman–Crippen LogP) is 25.5. The van der Waals surface area contributed by atoms with Gasteiger partial charge in [0.1, 0.15) is 0 Å². The van der Waals surface area contributed by atoms with Gasteiger partial charge in [-0.25, -0.2) is 0 Å². The Kier molecular flexibility index (Phi) is 41.5. The van der Waals surface area contributed by atoms with Crippen LogP contribution in [0.4, 0.5) is 0 Å². The summed E-state index contributed by atoms with van der Waals surface area (Å²) in [5.41, 5.74) is 16.3. The number of nitrogens with zero attached hydrogens (tertiary/aromatic N) is 4. The number of benzene rings is 12. The van der Waals surface area contributed by atoms with Crippen LogP contribution >= 0.6 is 88.0 Å². The average Bonchev–Trinajstić information content (AvgIpc) is 0.835. The van der Waals surface area contributed by atoms with Crippen molar-refractivity contribution in [1.82, 2.24) is 19.6 Å². The molecule has 0 atom stereocenters. The highest BCUT2D eigenvalue weighted by molar-refractivity contribution is 9.10. The summed E-state index contributed by atoms with van der Waals surface area (Å²) in [6.07, 6.45) is 7.69. The second-order valence-electron chi connectivity index (χ2n) is 27.8. The van der Waals surface area contributed by atoms with E-state index in [9.17, 15) is 19.2 Å². The van der Waals surface area contributed by atoms with Crippen molar-refractivity contribution in [2.75, 3.05) is 54.4 Å². The maximum Gasteiger partial charge on any atom is 0.190 e. The van der Waals surface area contributed by atoms with E-state index >= 15 is 0 Å². The zero-order valence-corrected chi connectivity index (χ0v) is 72.4. The Labute approximate surface area is 733 Å². The van der Waals surface area contributed by atoms with Crippen molar-refractivity contribution in [3.05, 3.63) is 468 Å². The minimum absolute atomic E-state index is 0. The minimum Gasteiger partial charge on any atom is -0.298 e. The highest BCUT2D eigenvalue weighted by Crippen LogP contribution is 2.28. The first-order valence-corrected chi connectivity index (χ1v) is 39.3. The zero-order chi connectivity index (χ0) is 81.0. The third-order valence-electron chi connectivity index (χ3n) is 18.0. The molecule has 0 radical (unpaired) electrons. The van der Waals surface area contributed by atoms with E-state index in [0.717, 1.165) is 75.2 Å². The molecule has 117 heavy (non-hydrogen) atoms. The van der Waals surface area contributed by atoms with Crippen LogP contribution in [0.1, 0.15) is 71.6 Å². The van der Waals surface area contributed by atoms with Gasteiger partial charge in [0.25, 0.3) is 0 Å². The van der Waals surface area contributed by atoms with Gasteiger partial charge in [0.05, 0.1) is 0 Å². The van der Waals surface area contributed by atoms with Gasteiger partial charge in [-0.15, -0.1) is 37.2 Å². The van der Waals surface area contributed by atoms with Crippen molar-refractivity contribution in [1.29, 1.82) is 0 Å². The van der Waals surface area contributed by atoms with E-state index in [-0.39, 0.29) is 60.4 Å². The number of likely N-dealkylation sites (N-methyl/N-ethyl adjacent to an activating group) is 4. The summed E-state index contributed by atoms with van der Waals surface area (Å²) in [5.74, 6) is -0.0818. The van der Waals surface area contributed by atoms with Crippen LogP contribution in [-0.2, 0) is 40.6 Å². The van der Waals surface area contributed by atoms with Gasteiger partial charge in [0.2, 0.25) is 0 Å². The normalized spacial score (nSPS) is 11.2. The van der Waals surface area contributed by atoms with Crippen molar-refractivity contribution >= 4 is 152 Å². The van der Waals surface area contributed by atoms with E-state index < -0.39 is 0 Å². The molecule has 0 aliphatic heterocycles. The number of hydrogen-bond acceptors (Lipinski definition) is 8. The van der Waals surface area contributed by atoms with E-state index in [4.69, 9.17) is 34.8 Å². The van der Waals surface area contributed by atoms with Gasteiger partial charge >= 0.3 is 0 Å². The summed E-state index contributed by atoms with van der Waals surface area (Å²) in [5, 5.41) is 2.02. The Morgan fingerprint density at radius 1 is 0.282 bits per heavy atom. The average molecular weight is 1740 g/mol. The number of rotatable bonds is 31. The standard InChI is InChI=1S/C26H24BrNO.2C26H24ClNO.C24H22ClNO.3ClH/c3*1-20(18-28(2)19-22-9-5-3-6-10-22)26(29)25(23-11-7-4-8-12-23)17-21-13-15-24(27)16-14-21;1-26(17-20-8-4-2-5-9-20)18-22(16-19-12-14-23(25)15-13-19)24(27)21-10-6-3-7-11-21;;;/h3*3-17H,1,18-19H2,2H3;2-16H,17-18H2,1H3;3*1H/b25-17-;25-17+;25-17-;22-16+;;;. The molecule has 0 bridgehead atoms. The van der Waals surface area contributed by atoms with Gasteiger partial charge in [0, 0.05) is 116 Å². The molecule has 0 amide bonds. The molecule has 0 heterocycles. The van der Waals surface area contributed by atoms with Crippen LogP contribution in [-0.4, -0.2) is 97.1 Å². The smallest absolute Gasteiger partial charge is 0.190 e. The SMILES string of the molecule is C=C(CN(C)Cc1ccccc1)C(=O)/C(=C/c1ccc(Cl)cc1)c1ccccc1.C=C(CN(C)Cc1ccccc1)C(=O)/C(=C\c1ccc(Br)cc1)c1ccccc1.C=C(CN(C)Cc1ccccc1)C(=O)/C(=C\c1ccc(Cl)cc1)c1ccccc1.CN(C/C(=C\c1ccc(Cl)cc1)C(=O)c1ccccc1)Cc1ccccc1.Cl.Cl.Cl. The Morgan fingerprint density at radius 2 is 0.487 bits per heavy atom. The molecule has 12 aromatic rings. The van der Waals surface area contributed by atoms with Crippen LogP contribution in [0.15, 0.2) is 386 Å². The maximum atomic E-state index is 13.3. The van der Waals surface area contributed by atoms with Crippen LogP contribution < -0.4 is 0 Å². The van der Waals surface area contributed by atoms with E-state index in [1.54, 1.807) is 0 Å². The van der Waals surface area contributed by atoms with Crippen molar-refractivity contribution < 1.29 is 19.2 Å². The Balaban J connectivity index is 0.000000240. The zero-order valence-electron chi connectivity index (χ0n) is 66.1. The summed E-state index contributed by atoms with van der Waals surface area (Å²) in [7, 11) is 8.03. The molecule has 12 rings (SSSR count). The molecular weight excluding hydrogens is 1640 g/mol. The number of ketones is 4. The summed E-state index contributed by atoms with van der Waals surface area (Å²) < 4.78 is 1.01. The first kappa shape index (κ1) is 95.4. The topological polar surface area (TPSA) is 81.2 Å². The van der Waals surface area contributed by atoms with Gasteiger partial charge in [-0.2, -0.15) is 0 Å². The van der Waals surface area contributed by atoms with Crippen LogP contribution in [0.5, 0.6) is 0 Å². The third-order valence-corrected chi connectivity index (χ3v) is 19.3. The lowest BCUT2D eigenvalue weighted by Gasteiger charge is -2.19. The molecule has 0 N–H and O–H groups in total. The lowest BCUT2D eigenvalue weighted by Crippen LogP contribution is -2.24. The van der Waals surface area contributed by atoms with Gasteiger partial charge in [-0.3, -0.25) is 38.8 Å². The van der Waals surface area contributed by atoms with Crippen LogP contribution in [0, 0.1) is 0 Å². The third kappa shape index (κ3) is 32.9. The Bertz CT molecular complexity index is 4820. The number of hydrogen-bond donors (Lipinski definition) is 0. The molecule has 0 aliphatic carbocycles. The number of allylic oxidation sites excluding steroid dienone is 3. The molecule has 15 heteroatoms. The first-order valence-electron chi connectivity index (χ1n) is 37.4. The fraction of sp³-hybridized carbons (Fsp3) is 0.118.